The van der Waals surface area contributed by atoms with Gasteiger partial charge in [-0.1, -0.05) is 6.07 Å². The summed E-state index contributed by atoms with van der Waals surface area (Å²) in [6.07, 6.45) is 4.17. The van der Waals surface area contributed by atoms with Gasteiger partial charge >= 0.3 is 5.97 Å². The number of aromatic nitrogens is 3. The Balaban J connectivity index is 2.24. The van der Waals surface area contributed by atoms with Gasteiger partial charge in [-0.15, -0.1) is 0 Å². The molecule has 2 aromatic heterocycles. The Kier molecular flexibility index (Phi) is 2.55. The molecule has 0 aliphatic carbocycles. The summed E-state index contributed by atoms with van der Waals surface area (Å²) in [5.41, 5.74) is 0.435. The lowest BCUT2D eigenvalue weighted by molar-refractivity contribution is 0.0697. The molecule has 0 spiro atoms. The number of rotatable bonds is 3. The molecule has 0 radical (unpaired) electrons. The summed E-state index contributed by atoms with van der Waals surface area (Å²) < 4.78 is 1.41. The van der Waals surface area contributed by atoms with Crippen molar-refractivity contribution in [2.75, 3.05) is 0 Å². The van der Waals surface area contributed by atoms with Crippen LogP contribution in [0.15, 0.2) is 35.5 Å². The highest BCUT2D eigenvalue weighted by Gasteiger charge is 2.07. The van der Waals surface area contributed by atoms with Gasteiger partial charge in [0.15, 0.2) is 0 Å². The van der Waals surface area contributed by atoms with E-state index in [4.69, 9.17) is 5.11 Å². The predicted molar refractivity (Wildman–Crippen MR) is 55.4 cm³/mol. The van der Waals surface area contributed by atoms with Crippen LogP contribution in [-0.2, 0) is 6.54 Å². The summed E-state index contributed by atoms with van der Waals surface area (Å²) in [5.74, 6) is -1.03. The van der Waals surface area contributed by atoms with E-state index >= 15 is 0 Å². The first-order chi connectivity index (χ1) is 7.66. The molecule has 16 heavy (non-hydrogen) atoms. The van der Waals surface area contributed by atoms with Crippen LogP contribution >= 0.6 is 0 Å². The molecule has 0 amide bonds. The van der Waals surface area contributed by atoms with Crippen LogP contribution in [0.5, 0.6) is 0 Å². The topological polar surface area (TPSA) is 88.0 Å². The van der Waals surface area contributed by atoms with E-state index in [9.17, 15) is 9.59 Å². The van der Waals surface area contributed by atoms with E-state index in [0.717, 1.165) is 0 Å². The van der Waals surface area contributed by atoms with Gasteiger partial charge in [0, 0.05) is 18.0 Å². The van der Waals surface area contributed by atoms with Gasteiger partial charge in [0.05, 0.1) is 18.3 Å². The van der Waals surface area contributed by atoms with E-state index in [-0.39, 0.29) is 17.7 Å². The minimum atomic E-state index is -1.03. The second-order valence-electron chi connectivity index (χ2n) is 3.26. The molecule has 6 heteroatoms. The van der Waals surface area contributed by atoms with E-state index in [0.29, 0.717) is 5.56 Å². The minimum absolute atomic E-state index is 0.104. The summed E-state index contributed by atoms with van der Waals surface area (Å²) >= 11 is 0. The van der Waals surface area contributed by atoms with Crippen molar-refractivity contribution in [2.24, 2.45) is 0 Å². The molecule has 0 aromatic carbocycles. The molecular formula is C10H9N3O3. The predicted octanol–water partition coefficient (Wildman–Crippen LogP) is 0.318. The number of carboxylic acids is 1. The van der Waals surface area contributed by atoms with Crippen LogP contribution in [0.3, 0.4) is 0 Å². The van der Waals surface area contributed by atoms with Gasteiger partial charge in [-0.3, -0.25) is 9.48 Å². The molecule has 2 aromatic rings. The van der Waals surface area contributed by atoms with Gasteiger partial charge < -0.3 is 10.1 Å². The molecule has 0 unspecified atom stereocenters. The number of hydrogen-bond donors (Lipinski definition) is 2. The SMILES string of the molecule is O=C(O)c1cnn(Cc2ccc[nH]c2=O)c1. The van der Waals surface area contributed by atoms with Crippen molar-refractivity contribution in [1.82, 2.24) is 14.8 Å². The van der Waals surface area contributed by atoms with Gasteiger partial charge in [-0.25, -0.2) is 4.79 Å². The maximum atomic E-state index is 11.4. The van der Waals surface area contributed by atoms with Crippen LogP contribution in [0.1, 0.15) is 15.9 Å². The zero-order valence-electron chi connectivity index (χ0n) is 8.25. The average Bonchev–Trinajstić information content (AvgIpc) is 2.70. The van der Waals surface area contributed by atoms with Crippen molar-refractivity contribution in [3.63, 3.8) is 0 Å². The first-order valence-electron chi connectivity index (χ1n) is 4.59. The molecular weight excluding hydrogens is 210 g/mol. The zero-order valence-corrected chi connectivity index (χ0v) is 8.25. The summed E-state index contributed by atoms with van der Waals surface area (Å²) in [6, 6.07) is 3.37. The molecule has 2 N–H and O–H groups in total. The van der Waals surface area contributed by atoms with Gasteiger partial charge in [-0.2, -0.15) is 5.10 Å². The first kappa shape index (κ1) is 10.2. The number of hydrogen-bond acceptors (Lipinski definition) is 3. The summed E-state index contributed by atoms with van der Waals surface area (Å²) in [5, 5.41) is 12.6. The molecule has 0 fully saturated rings. The number of pyridine rings is 1. The Morgan fingerprint density at radius 3 is 3.00 bits per heavy atom. The van der Waals surface area contributed by atoms with Crippen molar-refractivity contribution in [3.8, 4) is 0 Å². The molecule has 0 bridgehead atoms. The molecule has 82 valence electrons. The molecule has 2 heterocycles. The Hall–Kier alpha value is -2.37. The van der Waals surface area contributed by atoms with Crippen LogP contribution < -0.4 is 5.56 Å². The average molecular weight is 219 g/mol. The van der Waals surface area contributed by atoms with Crippen molar-refractivity contribution in [3.05, 3.63) is 52.2 Å². The number of carboxylic acid groups (broad SMARTS) is 1. The highest BCUT2D eigenvalue weighted by atomic mass is 16.4. The van der Waals surface area contributed by atoms with Crippen molar-refractivity contribution < 1.29 is 9.90 Å². The third kappa shape index (κ3) is 2.00. The third-order valence-electron chi connectivity index (χ3n) is 2.11. The standard InChI is InChI=1S/C10H9N3O3/c14-9-7(2-1-3-11-9)5-13-6-8(4-12-13)10(15)16/h1-4,6H,5H2,(H,11,14)(H,15,16). The lowest BCUT2D eigenvalue weighted by atomic mass is 10.3. The van der Waals surface area contributed by atoms with E-state index < -0.39 is 5.97 Å². The first-order valence-corrected chi connectivity index (χ1v) is 4.59. The maximum absolute atomic E-state index is 11.4. The molecule has 0 atom stereocenters. The number of aromatic carboxylic acids is 1. The fraction of sp³-hybridized carbons (Fsp3) is 0.100. The van der Waals surface area contributed by atoms with Crippen molar-refractivity contribution in [1.29, 1.82) is 0 Å². The van der Waals surface area contributed by atoms with Crippen LogP contribution in [-0.4, -0.2) is 25.8 Å². The lowest BCUT2D eigenvalue weighted by Crippen LogP contribution is -2.14. The third-order valence-corrected chi connectivity index (χ3v) is 2.11. The Labute approximate surface area is 90.2 Å². The van der Waals surface area contributed by atoms with Gasteiger partial charge in [-0.05, 0) is 6.07 Å². The molecule has 0 saturated heterocycles. The maximum Gasteiger partial charge on any atom is 0.338 e. The van der Waals surface area contributed by atoms with Crippen LogP contribution in [0, 0.1) is 0 Å². The fourth-order valence-electron chi connectivity index (χ4n) is 1.32. The summed E-state index contributed by atoms with van der Waals surface area (Å²) in [4.78, 5) is 24.5. The van der Waals surface area contributed by atoms with Gasteiger partial charge in [0.2, 0.25) is 0 Å². The second kappa shape index (κ2) is 4.01. The Morgan fingerprint density at radius 1 is 1.56 bits per heavy atom. The largest absolute Gasteiger partial charge is 0.478 e. The van der Waals surface area contributed by atoms with Gasteiger partial charge in [0.1, 0.15) is 0 Å². The molecule has 0 aliphatic rings. The fourth-order valence-corrected chi connectivity index (χ4v) is 1.32. The minimum Gasteiger partial charge on any atom is -0.478 e. The molecule has 2 rings (SSSR count). The highest BCUT2D eigenvalue weighted by Crippen LogP contribution is 2.00. The summed E-state index contributed by atoms with van der Waals surface area (Å²) in [6.45, 7) is 0.253. The van der Waals surface area contributed by atoms with E-state index in [1.807, 2.05) is 0 Å². The normalized spacial score (nSPS) is 10.2. The second-order valence-corrected chi connectivity index (χ2v) is 3.26. The number of nitrogens with one attached hydrogen (secondary N) is 1. The molecule has 0 saturated carbocycles. The Morgan fingerprint density at radius 2 is 2.38 bits per heavy atom. The quantitative estimate of drug-likeness (QED) is 0.778. The number of aromatic amines is 1. The van der Waals surface area contributed by atoms with Crippen LogP contribution in [0.2, 0.25) is 0 Å². The van der Waals surface area contributed by atoms with E-state index in [1.54, 1.807) is 12.1 Å². The van der Waals surface area contributed by atoms with Crippen molar-refractivity contribution in [2.45, 2.75) is 6.54 Å². The number of nitrogens with zero attached hydrogens (tertiary/aromatic N) is 2. The zero-order chi connectivity index (χ0) is 11.5. The van der Waals surface area contributed by atoms with E-state index in [2.05, 4.69) is 10.1 Å². The smallest absolute Gasteiger partial charge is 0.338 e. The number of carbonyl (C=O) groups is 1. The Bertz CT molecular complexity index is 570. The van der Waals surface area contributed by atoms with Crippen LogP contribution in [0.25, 0.3) is 0 Å². The van der Waals surface area contributed by atoms with Gasteiger partial charge in [0.25, 0.3) is 5.56 Å². The molecule has 6 nitrogen and oxygen atoms in total. The monoisotopic (exact) mass is 219 g/mol. The van der Waals surface area contributed by atoms with Crippen LogP contribution in [0.4, 0.5) is 0 Å². The number of H-pyrrole nitrogens is 1. The lowest BCUT2D eigenvalue weighted by Gasteiger charge is -1.99. The highest BCUT2D eigenvalue weighted by molar-refractivity contribution is 5.86. The van der Waals surface area contributed by atoms with E-state index in [1.165, 1.54) is 23.3 Å². The summed E-state index contributed by atoms with van der Waals surface area (Å²) in [7, 11) is 0. The van der Waals surface area contributed by atoms with Crippen molar-refractivity contribution >= 4 is 5.97 Å². The molecule has 0 aliphatic heterocycles.